The Balaban J connectivity index is 2.33. The molecule has 1 heterocycles. The molecule has 0 spiro atoms. The largest absolute Gasteiger partial charge is 0.476 e. The first-order valence-corrected chi connectivity index (χ1v) is 5.09. The number of carboxylic acid groups (broad SMARTS) is 1. The third-order valence-electron chi connectivity index (χ3n) is 2.19. The van der Waals surface area contributed by atoms with Crippen LogP contribution in [0.1, 0.15) is 16.1 Å². The standard InChI is InChI=1S/C13H11NO3/c1-9-4-2-5-10(8-9)17-11-6-3-7-14-12(11)13(15)16/h2-8H,1H3,(H,15,16). The van der Waals surface area contributed by atoms with Gasteiger partial charge in [-0.15, -0.1) is 0 Å². The lowest BCUT2D eigenvalue weighted by atomic mass is 10.2. The quantitative estimate of drug-likeness (QED) is 0.879. The molecule has 0 radical (unpaired) electrons. The van der Waals surface area contributed by atoms with Gasteiger partial charge in [-0.25, -0.2) is 9.78 Å². The molecule has 0 aliphatic rings. The molecule has 1 aromatic heterocycles. The van der Waals surface area contributed by atoms with E-state index >= 15 is 0 Å². The Morgan fingerprint density at radius 1 is 1.29 bits per heavy atom. The zero-order valence-corrected chi connectivity index (χ0v) is 9.25. The molecule has 0 amide bonds. The van der Waals surface area contributed by atoms with Crippen LogP contribution >= 0.6 is 0 Å². The Labute approximate surface area is 98.5 Å². The minimum absolute atomic E-state index is 0.0889. The molecule has 2 rings (SSSR count). The van der Waals surface area contributed by atoms with E-state index in [0.29, 0.717) is 5.75 Å². The third-order valence-corrected chi connectivity index (χ3v) is 2.19. The zero-order chi connectivity index (χ0) is 12.3. The molecule has 0 fully saturated rings. The Morgan fingerprint density at radius 3 is 2.82 bits per heavy atom. The first-order valence-electron chi connectivity index (χ1n) is 5.09. The third kappa shape index (κ3) is 2.60. The molecule has 17 heavy (non-hydrogen) atoms. The number of benzene rings is 1. The summed E-state index contributed by atoms with van der Waals surface area (Å²) < 4.78 is 5.51. The summed E-state index contributed by atoms with van der Waals surface area (Å²) in [7, 11) is 0. The van der Waals surface area contributed by atoms with Crippen molar-refractivity contribution in [2.45, 2.75) is 6.92 Å². The zero-order valence-electron chi connectivity index (χ0n) is 9.25. The van der Waals surface area contributed by atoms with E-state index in [1.165, 1.54) is 6.20 Å². The lowest BCUT2D eigenvalue weighted by Gasteiger charge is -2.07. The van der Waals surface area contributed by atoms with E-state index in [0.717, 1.165) is 5.56 Å². The summed E-state index contributed by atoms with van der Waals surface area (Å²) in [5.41, 5.74) is 0.956. The van der Waals surface area contributed by atoms with Gasteiger partial charge in [0.2, 0.25) is 0 Å². The highest BCUT2D eigenvalue weighted by atomic mass is 16.5. The number of hydrogen-bond acceptors (Lipinski definition) is 3. The Hall–Kier alpha value is -2.36. The van der Waals surface area contributed by atoms with Crippen LogP contribution in [0.4, 0.5) is 0 Å². The number of hydrogen-bond donors (Lipinski definition) is 1. The Kier molecular flexibility index (Phi) is 3.05. The second kappa shape index (κ2) is 4.65. The summed E-state index contributed by atoms with van der Waals surface area (Å²) >= 11 is 0. The molecule has 1 N–H and O–H groups in total. The fraction of sp³-hybridized carbons (Fsp3) is 0.0769. The highest BCUT2D eigenvalue weighted by Gasteiger charge is 2.12. The van der Waals surface area contributed by atoms with Gasteiger partial charge in [0, 0.05) is 6.20 Å². The van der Waals surface area contributed by atoms with E-state index in [-0.39, 0.29) is 11.4 Å². The molecular weight excluding hydrogens is 218 g/mol. The molecule has 1 aromatic carbocycles. The number of rotatable bonds is 3. The van der Waals surface area contributed by atoms with E-state index in [9.17, 15) is 4.79 Å². The molecule has 86 valence electrons. The van der Waals surface area contributed by atoms with Gasteiger partial charge in [0.05, 0.1) is 0 Å². The average Bonchev–Trinajstić information content (AvgIpc) is 2.29. The number of pyridine rings is 1. The van der Waals surface area contributed by atoms with Crippen molar-refractivity contribution >= 4 is 5.97 Å². The maximum absolute atomic E-state index is 10.9. The normalized spacial score (nSPS) is 9.94. The number of carboxylic acids is 1. The fourth-order valence-electron chi connectivity index (χ4n) is 1.44. The molecule has 4 nitrogen and oxygen atoms in total. The van der Waals surface area contributed by atoms with Gasteiger partial charge in [-0.05, 0) is 36.8 Å². The van der Waals surface area contributed by atoms with Crippen molar-refractivity contribution in [3.63, 3.8) is 0 Å². The molecule has 0 saturated carbocycles. The van der Waals surface area contributed by atoms with Crippen LogP contribution in [-0.2, 0) is 0 Å². The molecule has 2 aromatic rings. The summed E-state index contributed by atoms with van der Waals surface area (Å²) in [5.74, 6) is -0.264. The van der Waals surface area contributed by atoms with Gasteiger partial charge in [0.25, 0.3) is 0 Å². The molecule has 0 aliphatic heterocycles. The molecule has 0 saturated heterocycles. The van der Waals surface area contributed by atoms with E-state index in [1.807, 2.05) is 25.1 Å². The summed E-state index contributed by atoms with van der Waals surface area (Å²) in [6, 6.07) is 10.6. The van der Waals surface area contributed by atoms with Crippen LogP contribution < -0.4 is 4.74 Å². The molecule has 0 atom stereocenters. The molecule has 0 bridgehead atoms. The van der Waals surface area contributed by atoms with Crippen molar-refractivity contribution in [3.8, 4) is 11.5 Å². The second-order valence-electron chi connectivity index (χ2n) is 3.57. The Morgan fingerprint density at radius 2 is 2.12 bits per heavy atom. The van der Waals surface area contributed by atoms with Crippen LogP contribution in [0.2, 0.25) is 0 Å². The van der Waals surface area contributed by atoms with Gasteiger partial charge in [0.1, 0.15) is 5.75 Å². The fourth-order valence-corrected chi connectivity index (χ4v) is 1.44. The van der Waals surface area contributed by atoms with Gasteiger partial charge < -0.3 is 9.84 Å². The summed E-state index contributed by atoms with van der Waals surface area (Å²) in [6.07, 6.45) is 1.42. The van der Waals surface area contributed by atoms with Gasteiger partial charge in [-0.1, -0.05) is 12.1 Å². The number of aromatic nitrogens is 1. The average molecular weight is 229 g/mol. The van der Waals surface area contributed by atoms with Crippen LogP contribution in [0.3, 0.4) is 0 Å². The monoisotopic (exact) mass is 229 g/mol. The van der Waals surface area contributed by atoms with Gasteiger partial charge in [0.15, 0.2) is 11.4 Å². The lowest BCUT2D eigenvalue weighted by Crippen LogP contribution is -2.02. The number of carbonyl (C=O) groups is 1. The van der Waals surface area contributed by atoms with Gasteiger partial charge >= 0.3 is 5.97 Å². The molecule has 0 unspecified atom stereocenters. The van der Waals surface area contributed by atoms with Crippen molar-refractivity contribution in [1.82, 2.24) is 4.98 Å². The highest BCUT2D eigenvalue weighted by molar-refractivity contribution is 5.88. The van der Waals surface area contributed by atoms with Gasteiger partial charge in [-0.2, -0.15) is 0 Å². The minimum atomic E-state index is -1.10. The first-order chi connectivity index (χ1) is 8.16. The minimum Gasteiger partial charge on any atom is -0.476 e. The van der Waals surface area contributed by atoms with E-state index in [4.69, 9.17) is 9.84 Å². The molecule has 0 aliphatic carbocycles. The van der Waals surface area contributed by atoms with Gasteiger partial charge in [-0.3, -0.25) is 0 Å². The van der Waals surface area contributed by atoms with E-state index < -0.39 is 5.97 Å². The number of aromatic carboxylic acids is 1. The summed E-state index contributed by atoms with van der Waals surface area (Å²) in [4.78, 5) is 14.7. The molecular formula is C13H11NO3. The summed E-state index contributed by atoms with van der Waals surface area (Å²) in [5, 5.41) is 8.96. The number of aryl methyl sites for hydroxylation is 1. The predicted molar refractivity (Wildman–Crippen MR) is 62.4 cm³/mol. The maximum Gasteiger partial charge on any atom is 0.358 e. The van der Waals surface area contributed by atoms with Crippen LogP contribution in [0.5, 0.6) is 11.5 Å². The van der Waals surface area contributed by atoms with Crippen molar-refractivity contribution in [1.29, 1.82) is 0 Å². The van der Waals surface area contributed by atoms with Crippen LogP contribution in [0.25, 0.3) is 0 Å². The summed E-state index contributed by atoms with van der Waals surface area (Å²) in [6.45, 7) is 1.94. The highest BCUT2D eigenvalue weighted by Crippen LogP contribution is 2.24. The lowest BCUT2D eigenvalue weighted by molar-refractivity contribution is 0.0687. The second-order valence-corrected chi connectivity index (χ2v) is 3.57. The smallest absolute Gasteiger partial charge is 0.358 e. The van der Waals surface area contributed by atoms with Crippen LogP contribution in [0.15, 0.2) is 42.6 Å². The van der Waals surface area contributed by atoms with Crippen LogP contribution in [-0.4, -0.2) is 16.1 Å². The van der Waals surface area contributed by atoms with E-state index in [1.54, 1.807) is 18.2 Å². The van der Waals surface area contributed by atoms with Crippen molar-refractivity contribution in [3.05, 3.63) is 53.9 Å². The van der Waals surface area contributed by atoms with Crippen molar-refractivity contribution in [2.75, 3.05) is 0 Å². The topological polar surface area (TPSA) is 59.4 Å². The van der Waals surface area contributed by atoms with Crippen molar-refractivity contribution in [2.24, 2.45) is 0 Å². The van der Waals surface area contributed by atoms with E-state index in [2.05, 4.69) is 4.98 Å². The SMILES string of the molecule is Cc1cccc(Oc2cccnc2C(=O)O)c1. The number of nitrogens with zero attached hydrogens (tertiary/aromatic N) is 1. The Bertz CT molecular complexity index is 552. The predicted octanol–water partition coefficient (Wildman–Crippen LogP) is 2.88. The first kappa shape index (κ1) is 11.1. The van der Waals surface area contributed by atoms with Crippen molar-refractivity contribution < 1.29 is 14.6 Å². The maximum atomic E-state index is 10.9. The number of ether oxygens (including phenoxy) is 1. The van der Waals surface area contributed by atoms with Crippen LogP contribution in [0, 0.1) is 6.92 Å². The molecule has 4 heteroatoms.